The average Bonchev–Trinajstić information content (AvgIpc) is 2.41. The zero-order chi connectivity index (χ0) is 13.1. The number of ether oxygens (including phenoxy) is 2. The Balaban J connectivity index is 2.35. The molecular formula is C12H13NO5. The van der Waals surface area contributed by atoms with Gasteiger partial charge in [0.15, 0.2) is 6.61 Å². The molecule has 1 aliphatic rings. The molecule has 0 bridgehead atoms. The minimum absolute atomic E-state index is 0.156. The largest absolute Gasteiger partial charge is 0.497 e. The highest BCUT2D eigenvalue weighted by atomic mass is 16.7. The lowest BCUT2D eigenvalue weighted by Gasteiger charge is -2.27. The van der Waals surface area contributed by atoms with Crippen molar-refractivity contribution in [1.82, 2.24) is 0 Å². The van der Waals surface area contributed by atoms with Gasteiger partial charge in [-0.2, -0.15) is 0 Å². The molecule has 0 aromatic heterocycles. The molecule has 1 heterocycles. The predicted octanol–water partition coefficient (Wildman–Crippen LogP) is 1.29. The molecule has 0 saturated heterocycles. The molecule has 1 amide bonds. The summed E-state index contributed by atoms with van der Waals surface area (Å²) in [5, 5.41) is 0.952. The van der Waals surface area contributed by atoms with E-state index in [2.05, 4.69) is 0 Å². The molecule has 0 radical (unpaired) electrons. The van der Waals surface area contributed by atoms with E-state index in [-0.39, 0.29) is 13.0 Å². The van der Waals surface area contributed by atoms with Gasteiger partial charge in [0.1, 0.15) is 17.2 Å². The van der Waals surface area contributed by atoms with Crippen molar-refractivity contribution in [2.24, 2.45) is 0 Å². The first-order valence-electron chi connectivity index (χ1n) is 5.50. The van der Waals surface area contributed by atoms with Gasteiger partial charge in [0.05, 0.1) is 7.11 Å². The second-order valence-electron chi connectivity index (χ2n) is 3.63. The summed E-state index contributed by atoms with van der Waals surface area (Å²) in [7, 11) is 1.51. The Morgan fingerprint density at radius 2 is 2.28 bits per heavy atom. The first kappa shape index (κ1) is 12.2. The van der Waals surface area contributed by atoms with Gasteiger partial charge in [-0.25, -0.2) is 4.79 Å². The molecule has 2 rings (SSSR count). The summed E-state index contributed by atoms with van der Waals surface area (Å²) in [6.45, 7) is 1.50. The van der Waals surface area contributed by atoms with E-state index in [1.54, 1.807) is 25.1 Å². The number of hydroxylamine groups is 1. The van der Waals surface area contributed by atoms with E-state index in [1.807, 2.05) is 0 Å². The highest BCUT2D eigenvalue weighted by molar-refractivity contribution is 5.97. The van der Waals surface area contributed by atoms with Crippen molar-refractivity contribution in [1.29, 1.82) is 0 Å². The van der Waals surface area contributed by atoms with Crippen LogP contribution in [0, 0.1) is 0 Å². The number of hydrogen-bond donors (Lipinski definition) is 0. The van der Waals surface area contributed by atoms with Crippen molar-refractivity contribution in [3.05, 3.63) is 18.2 Å². The number of nitrogens with zero attached hydrogens (tertiary/aromatic N) is 1. The van der Waals surface area contributed by atoms with E-state index in [9.17, 15) is 9.59 Å². The fourth-order valence-electron chi connectivity index (χ4n) is 1.50. The SMILES string of the molecule is CCC(=O)ON1C(=O)COc2ccc(OC)cc21. The lowest BCUT2D eigenvalue weighted by Crippen LogP contribution is -2.40. The lowest BCUT2D eigenvalue weighted by molar-refractivity contribution is -0.151. The molecule has 0 atom stereocenters. The number of anilines is 1. The van der Waals surface area contributed by atoms with Gasteiger partial charge in [-0.1, -0.05) is 6.92 Å². The average molecular weight is 251 g/mol. The molecular weight excluding hydrogens is 238 g/mol. The Morgan fingerprint density at radius 1 is 1.50 bits per heavy atom. The van der Waals surface area contributed by atoms with Crippen LogP contribution in [0.15, 0.2) is 18.2 Å². The number of carbonyl (C=O) groups excluding carboxylic acids is 2. The van der Waals surface area contributed by atoms with Crippen molar-refractivity contribution in [2.45, 2.75) is 13.3 Å². The fraction of sp³-hybridized carbons (Fsp3) is 0.333. The summed E-state index contributed by atoms with van der Waals surface area (Å²) in [4.78, 5) is 28.0. The maximum absolute atomic E-state index is 11.7. The first-order valence-corrected chi connectivity index (χ1v) is 5.50. The number of hydrogen-bond acceptors (Lipinski definition) is 5. The Kier molecular flexibility index (Phi) is 3.36. The van der Waals surface area contributed by atoms with Crippen LogP contribution in [0.5, 0.6) is 11.5 Å². The highest BCUT2D eigenvalue weighted by Crippen LogP contribution is 2.35. The number of methoxy groups -OCH3 is 1. The van der Waals surface area contributed by atoms with Crippen molar-refractivity contribution < 1.29 is 23.9 Å². The van der Waals surface area contributed by atoms with Crippen LogP contribution in [-0.4, -0.2) is 25.6 Å². The van der Waals surface area contributed by atoms with E-state index in [1.165, 1.54) is 7.11 Å². The van der Waals surface area contributed by atoms with E-state index >= 15 is 0 Å². The Morgan fingerprint density at radius 3 is 2.94 bits per heavy atom. The molecule has 6 nitrogen and oxygen atoms in total. The number of fused-ring (bicyclic) bond motifs is 1. The molecule has 96 valence electrons. The molecule has 6 heteroatoms. The van der Waals surface area contributed by atoms with Gasteiger partial charge >= 0.3 is 5.97 Å². The summed E-state index contributed by atoms with van der Waals surface area (Å²) in [5.74, 6) is 0.0977. The molecule has 0 aliphatic carbocycles. The fourth-order valence-corrected chi connectivity index (χ4v) is 1.50. The predicted molar refractivity (Wildman–Crippen MR) is 62.4 cm³/mol. The maximum atomic E-state index is 11.7. The number of benzene rings is 1. The zero-order valence-corrected chi connectivity index (χ0v) is 10.1. The molecule has 18 heavy (non-hydrogen) atoms. The van der Waals surface area contributed by atoms with Crippen molar-refractivity contribution in [2.75, 3.05) is 18.8 Å². The summed E-state index contributed by atoms with van der Waals surface area (Å²) >= 11 is 0. The van der Waals surface area contributed by atoms with Gasteiger partial charge in [0, 0.05) is 12.5 Å². The number of carbonyl (C=O) groups is 2. The van der Waals surface area contributed by atoms with Crippen molar-refractivity contribution >= 4 is 17.6 Å². The van der Waals surface area contributed by atoms with Crippen LogP contribution >= 0.6 is 0 Å². The molecule has 0 N–H and O–H groups in total. The minimum atomic E-state index is -0.487. The molecule has 0 spiro atoms. The van der Waals surface area contributed by atoms with Gasteiger partial charge in [-0.3, -0.25) is 4.79 Å². The third-order valence-electron chi connectivity index (χ3n) is 2.44. The summed E-state index contributed by atoms with van der Waals surface area (Å²) in [6.07, 6.45) is 0.184. The number of rotatable bonds is 3. The summed E-state index contributed by atoms with van der Waals surface area (Å²) in [6, 6.07) is 4.94. The summed E-state index contributed by atoms with van der Waals surface area (Å²) < 4.78 is 10.3. The quantitative estimate of drug-likeness (QED) is 0.809. The molecule has 0 saturated carbocycles. The van der Waals surface area contributed by atoms with E-state index < -0.39 is 11.9 Å². The second-order valence-corrected chi connectivity index (χ2v) is 3.63. The van der Waals surface area contributed by atoms with Crippen molar-refractivity contribution in [3.63, 3.8) is 0 Å². The Labute approximate surface area is 104 Å². The molecule has 1 aromatic carbocycles. The Hall–Kier alpha value is -2.24. The molecule has 0 fully saturated rings. The highest BCUT2D eigenvalue weighted by Gasteiger charge is 2.29. The molecule has 1 aliphatic heterocycles. The zero-order valence-electron chi connectivity index (χ0n) is 10.1. The Bertz CT molecular complexity index is 485. The maximum Gasteiger partial charge on any atom is 0.332 e. The van der Waals surface area contributed by atoms with Gasteiger partial charge in [0.2, 0.25) is 0 Å². The van der Waals surface area contributed by atoms with Crippen LogP contribution in [0.25, 0.3) is 0 Å². The van der Waals surface area contributed by atoms with Crippen LogP contribution in [0.1, 0.15) is 13.3 Å². The van der Waals surface area contributed by atoms with Crippen LogP contribution in [0.2, 0.25) is 0 Å². The molecule has 1 aromatic rings. The third kappa shape index (κ3) is 2.22. The topological polar surface area (TPSA) is 65.1 Å². The van der Waals surface area contributed by atoms with Gasteiger partial charge in [-0.15, -0.1) is 5.06 Å². The van der Waals surface area contributed by atoms with Crippen molar-refractivity contribution in [3.8, 4) is 11.5 Å². The van der Waals surface area contributed by atoms with Crippen LogP contribution in [0.3, 0.4) is 0 Å². The minimum Gasteiger partial charge on any atom is -0.497 e. The van der Waals surface area contributed by atoms with E-state index in [4.69, 9.17) is 14.3 Å². The van der Waals surface area contributed by atoms with Crippen LogP contribution in [0.4, 0.5) is 5.69 Å². The van der Waals surface area contributed by atoms with Gasteiger partial charge in [-0.05, 0) is 12.1 Å². The second kappa shape index (κ2) is 4.95. The van der Waals surface area contributed by atoms with Gasteiger partial charge in [0.25, 0.3) is 5.91 Å². The van der Waals surface area contributed by atoms with Crippen LogP contribution < -0.4 is 14.5 Å². The lowest BCUT2D eigenvalue weighted by atomic mass is 10.2. The standard InChI is InChI=1S/C12H13NO5/c1-3-12(15)18-13-9-6-8(16-2)4-5-10(9)17-7-11(13)14/h4-6H,3,7H2,1-2H3. The van der Waals surface area contributed by atoms with Gasteiger partial charge < -0.3 is 14.3 Å². The number of amides is 1. The van der Waals surface area contributed by atoms with E-state index in [0.717, 1.165) is 5.06 Å². The smallest absolute Gasteiger partial charge is 0.332 e. The van der Waals surface area contributed by atoms with E-state index in [0.29, 0.717) is 17.2 Å². The monoisotopic (exact) mass is 251 g/mol. The normalized spacial score (nSPS) is 13.7. The molecule has 0 unspecified atom stereocenters. The first-order chi connectivity index (χ1) is 8.65. The third-order valence-corrected chi connectivity index (χ3v) is 2.44. The summed E-state index contributed by atoms with van der Waals surface area (Å²) in [5.41, 5.74) is 0.368. The van der Waals surface area contributed by atoms with Crippen LogP contribution in [-0.2, 0) is 14.4 Å².